The zero-order chi connectivity index (χ0) is 13.7. The van der Waals surface area contributed by atoms with Gasteiger partial charge in [-0.3, -0.25) is 4.99 Å². The number of rotatable bonds is 5. The van der Waals surface area contributed by atoms with Crippen molar-refractivity contribution >= 4 is 29.9 Å². The molecule has 112 valence electrons. The molecule has 1 aromatic carbocycles. The number of guanidine groups is 1. The predicted octanol–water partition coefficient (Wildman–Crippen LogP) is 2.65. The molecule has 0 aromatic heterocycles. The van der Waals surface area contributed by atoms with Crippen LogP contribution in [0.1, 0.15) is 20.3 Å². The van der Waals surface area contributed by atoms with Gasteiger partial charge in [0.25, 0.3) is 0 Å². The lowest BCUT2D eigenvalue weighted by molar-refractivity contribution is 0.224. The minimum absolute atomic E-state index is 0. The van der Waals surface area contributed by atoms with Crippen LogP contribution in [0, 0.1) is 5.92 Å². The predicted molar refractivity (Wildman–Crippen MR) is 94.0 cm³/mol. The van der Waals surface area contributed by atoms with Crippen molar-refractivity contribution in [2.45, 2.75) is 32.4 Å². The molecule has 1 saturated carbocycles. The number of hydrogen-bond acceptors (Lipinski definition) is 2. The second kappa shape index (κ2) is 8.34. The Hall–Kier alpha value is -0.980. The molecular formula is C15H24IN3O. The largest absolute Gasteiger partial charge is 0.489 e. The molecule has 0 radical (unpaired) electrons. The van der Waals surface area contributed by atoms with Crippen molar-refractivity contribution in [2.75, 3.05) is 13.6 Å². The van der Waals surface area contributed by atoms with E-state index in [-0.39, 0.29) is 30.1 Å². The van der Waals surface area contributed by atoms with E-state index in [1.165, 1.54) is 6.42 Å². The van der Waals surface area contributed by atoms with E-state index in [0.29, 0.717) is 6.04 Å². The Kier molecular flexibility index (Phi) is 7.12. The van der Waals surface area contributed by atoms with Gasteiger partial charge in [-0.1, -0.05) is 25.1 Å². The first-order valence-electron chi connectivity index (χ1n) is 6.88. The molecule has 0 heterocycles. The first-order valence-corrected chi connectivity index (χ1v) is 6.88. The molecule has 2 rings (SSSR count). The third-order valence-corrected chi connectivity index (χ3v) is 3.29. The van der Waals surface area contributed by atoms with Gasteiger partial charge in [0.1, 0.15) is 11.9 Å². The van der Waals surface area contributed by atoms with Crippen molar-refractivity contribution in [1.82, 2.24) is 10.6 Å². The third kappa shape index (κ3) is 5.56. The summed E-state index contributed by atoms with van der Waals surface area (Å²) in [6, 6.07) is 10.5. The summed E-state index contributed by atoms with van der Waals surface area (Å²) in [6.45, 7) is 5.02. The van der Waals surface area contributed by atoms with Crippen LogP contribution in [0.3, 0.4) is 0 Å². The number of nitrogens with one attached hydrogen (secondary N) is 2. The highest BCUT2D eigenvalue weighted by atomic mass is 127. The van der Waals surface area contributed by atoms with Crippen LogP contribution in [0.15, 0.2) is 35.3 Å². The van der Waals surface area contributed by atoms with E-state index in [2.05, 4.69) is 22.5 Å². The maximum Gasteiger partial charge on any atom is 0.191 e. The summed E-state index contributed by atoms with van der Waals surface area (Å²) in [5, 5.41) is 6.69. The van der Waals surface area contributed by atoms with E-state index in [1.54, 1.807) is 7.05 Å². The zero-order valence-electron chi connectivity index (χ0n) is 12.3. The average molecular weight is 389 g/mol. The molecule has 3 atom stereocenters. The van der Waals surface area contributed by atoms with Crippen molar-refractivity contribution in [3.63, 3.8) is 0 Å². The van der Waals surface area contributed by atoms with Crippen molar-refractivity contribution in [3.8, 4) is 5.75 Å². The fourth-order valence-corrected chi connectivity index (χ4v) is 1.91. The molecule has 5 heteroatoms. The van der Waals surface area contributed by atoms with Crippen molar-refractivity contribution in [2.24, 2.45) is 10.9 Å². The van der Waals surface area contributed by atoms with Crippen LogP contribution < -0.4 is 15.4 Å². The molecule has 0 saturated heterocycles. The smallest absolute Gasteiger partial charge is 0.191 e. The van der Waals surface area contributed by atoms with Gasteiger partial charge in [0, 0.05) is 13.1 Å². The van der Waals surface area contributed by atoms with Gasteiger partial charge in [0.15, 0.2) is 5.96 Å². The van der Waals surface area contributed by atoms with E-state index in [4.69, 9.17) is 4.74 Å². The van der Waals surface area contributed by atoms with Gasteiger partial charge in [0.05, 0.1) is 6.54 Å². The molecule has 1 aliphatic rings. The van der Waals surface area contributed by atoms with E-state index in [0.717, 1.165) is 24.2 Å². The van der Waals surface area contributed by atoms with Crippen LogP contribution in [0.4, 0.5) is 0 Å². The van der Waals surface area contributed by atoms with Gasteiger partial charge < -0.3 is 15.4 Å². The maximum absolute atomic E-state index is 5.81. The molecule has 2 N–H and O–H groups in total. The summed E-state index contributed by atoms with van der Waals surface area (Å²) in [5.41, 5.74) is 0. The van der Waals surface area contributed by atoms with Gasteiger partial charge in [0.2, 0.25) is 0 Å². The lowest BCUT2D eigenvalue weighted by atomic mass is 10.3. The quantitative estimate of drug-likeness (QED) is 0.463. The lowest BCUT2D eigenvalue weighted by Crippen LogP contribution is -2.43. The Labute approximate surface area is 138 Å². The molecule has 0 amide bonds. The Morgan fingerprint density at radius 1 is 1.40 bits per heavy atom. The lowest BCUT2D eigenvalue weighted by Gasteiger charge is -2.17. The minimum Gasteiger partial charge on any atom is -0.489 e. The van der Waals surface area contributed by atoms with Gasteiger partial charge >= 0.3 is 0 Å². The van der Waals surface area contributed by atoms with Crippen LogP contribution in [0.2, 0.25) is 0 Å². The summed E-state index contributed by atoms with van der Waals surface area (Å²) >= 11 is 0. The van der Waals surface area contributed by atoms with Crippen molar-refractivity contribution < 1.29 is 4.74 Å². The van der Waals surface area contributed by atoms with Gasteiger partial charge in [-0.15, -0.1) is 24.0 Å². The summed E-state index contributed by atoms with van der Waals surface area (Å²) in [4.78, 5) is 4.22. The highest BCUT2D eigenvalue weighted by molar-refractivity contribution is 14.0. The van der Waals surface area contributed by atoms with Crippen LogP contribution in [-0.2, 0) is 0 Å². The molecule has 20 heavy (non-hydrogen) atoms. The molecule has 1 fully saturated rings. The monoisotopic (exact) mass is 389 g/mol. The fraction of sp³-hybridized carbons (Fsp3) is 0.533. The number of hydrogen-bond donors (Lipinski definition) is 2. The number of ether oxygens (including phenoxy) is 1. The van der Waals surface area contributed by atoms with Crippen molar-refractivity contribution in [1.29, 1.82) is 0 Å². The molecule has 3 unspecified atom stereocenters. The first kappa shape index (κ1) is 17.1. The van der Waals surface area contributed by atoms with Gasteiger partial charge in [-0.05, 0) is 31.4 Å². The van der Waals surface area contributed by atoms with E-state index in [9.17, 15) is 0 Å². The Morgan fingerprint density at radius 3 is 2.60 bits per heavy atom. The Morgan fingerprint density at radius 2 is 2.05 bits per heavy atom. The minimum atomic E-state index is 0. The topological polar surface area (TPSA) is 45.7 Å². The van der Waals surface area contributed by atoms with E-state index in [1.807, 2.05) is 37.3 Å². The third-order valence-electron chi connectivity index (χ3n) is 3.29. The fourth-order valence-electron chi connectivity index (χ4n) is 1.91. The number of halogens is 1. The van der Waals surface area contributed by atoms with Crippen LogP contribution in [0.25, 0.3) is 0 Å². The number of aliphatic imine (C=N–C) groups is 1. The molecule has 0 aliphatic heterocycles. The molecule has 0 bridgehead atoms. The summed E-state index contributed by atoms with van der Waals surface area (Å²) in [7, 11) is 1.80. The van der Waals surface area contributed by atoms with Crippen LogP contribution >= 0.6 is 24.0 Å². The summed E-state index contributed by atoms with van der Waals surface area (Å²) in [5.74, 6) is 2.52. The molecule has 1 aromatic rings. The number of para-hydroxylation sites is 1. The highest BCUT2D eigenvalue weighted by Gasteiger charge is 2.33. The van der Waals surface area contributed by atoms with Gasteiger partial charge in [-0.2, -0.15) is 0 Å². The molecule has 4 nitrogen and oxygen atoms in total. The normalized spacial score (nSPS) is 22.4. The maximum atomic E-state index is 5.81. The second-order valence-corrected chi connectivity index (χ2v) is 5.16. The highest BCUT2D eigenvalue weighted by Crippen LogP contribution is 2.28. The Bertz CT molecular complexity index is 424. The SMILES string of the molecule is CN=C(NCC(C)Oc1ccccc1)NC1CC1C.I. The number of nitrogens with zero attached hydrogens (tertiary/aromatic N) is 1. The molecular weight excluding hydrogens is 365 g/mol. The summed E-state index contributed by atoms with van der Waals surface area (Å²) < 4.78 is 5.81. The van der Waals surface area contributed by atoms with Crippen LogP contribution in [-0.4, -0.2) is 31.7 Å². The molecule has 0 spiro atoms. The van der Waals surface area contributed by atoms with Crippen molar-refractivity contribution in [3.05, 3.63) is 30.3 Å². The standard InChI is InChI=1S/C15H23N3O.HI/c1-11-9-14(11)18-15(16-3)17-10-12(2)19-13-7-5-4-6-8-13;/h4-8,11-12,14H,9-10H2,1-3H3,(H2,16,17,18);1H. The Balaban J connectivity index is 0.00000200. The first-order chi connectivity index (χ1) is 9.19. The van der Waals surface area contributed by atoms with Crippen LogP contribution in [0.5, 0.6) is 5.75 Å². The number of benzene rings is 1. The molecule has 1 aliphatic carbocycles. The van der Waals surface area contributed by atoms with Gasteiger partial charge in [-0.25, -0.2) is 0 Å². The second-order valence-electron chi connectivity index (χ2n) is 5.16. The summed E-state index contributed by atoms with van der Waals surface area (Å²) in [6.07, 6.45) is 1.33. The zero-order valence-corrected chi connectivity index (χ0v) is 14.6. The average Bonchev–Trinajstić information content (AvgIpc) is 3.11. The van der Waals surface area contributed by atoms with E-state index < -0.39 is 0 Å². The van der Waals surface area contributed by atoms with E-state index >= 15 is 0 Å².